The van der Waals surface area contributed by atoms with E-state index < -0.39 is 0 Å². The number of nitrogens with one attached hydrogen (secondary N) is 2. The maximum absolute atomic E-state index is 9.81. The summed E-state index contributed by atoms with van der Waals surface area (Å²) in [4.78, 5) is 9.25. The molecule has 0 rings (SSSR count). The summed E-state index contributed by atoms with van der Waals surface area (Å²) in [6.07, 6.45) is 0. The van der Waals surface area contributed by atoms with Crippen molar-refractivity contribution in [3.8, 4) is 0 Å². The SMILES string of the molecule is [NH]CCNN([O-])N=O. The Labute approximate surface area is 46.1 Å². The lowest BCUT2D eigenvalue weighted by Gasteiger charge is -2.18. The van der Waals surface area contributed by atoms with E-state index in [1.807, 2.05) is 10.7 Å². The zero-order chi connectivity index (χ0) is 6.41. The van der Waals surface area contributed by atoms with Crippen LogP contribution in [0.25, 0.3) is 0 Å². The van der Waals surface area contributed by atoms with Crippen LogP contribution >= 0.6 is 0 Å². The van der Waals surface area contributed by atoms with Gasteiger partial charge in [-0.1, -0.05) is 0 Å². The van der Waals surface area contributed by atoms with E-state index in [0.717, 1.165) is 0 Å². The Kier molecular flexibility index (Phi) is 4.04. The van der Waals surface area contributed by atoms with Gasteiger partial charge in [0.25, 0.3) is 0 Å². The Hall–Kier alpha value is -0.720. The molecular formula is C2H6N4O2-. The zero-order valence-corrected chi connectivity index (χ0v) is 4.13. The fourth-order valence-electron chi connectivity index (χ4n) is 0.180. The van der Waals surface area contributed by atoms with Crippen molar-refractivity contribution >= 4 is 0 Å². The van der Waals surface area contributed by atoms with Crippen LogP contribution in [-0.4, -0.2) is 18.4 Å². The van der Waals surface area contributed by atoms with E-state index in [9.17, 15) is 10.1 Å². The van der Waals surface area contributed by atoms with Gasteiger partial charge in [-0.3, -0.25) is 11.0 Å². The van der Waals surface area contributed by atoms with E-state index in [0.29, 0.717) is 0 Å². The molecule has 47 valence electrons. The second-order valence-corrected chi connectivity index (χ2v) is 1.01. The third-order valence-corrected chi connectivity index (χ3v) is 0.446. The van der Waals surface area contributed by atoms with Crippen molar-refractivity contribution in [3.05, 3.63) is 10.1 Å². The second kappa shape index (κ2) is 4.44. The van der Waals surface area contributed by atoms with Crippen molar-refractivity contribution in [1.82, 2.24) is 16.4 Å². The number of hydrogen-bond donors (Lipinski definition) is 1. The summed E-state index contributed by atoms with van der Waals surface area (Å²) in [5, 5.41) is 11.6. The molecule has 0 saturated heterocycles. The Bertz CT molecular complexity index is 67.1. The van der Waals surface area contributed by atoms with Gasteiger partial charge < -0.3 is 5.21 Å². The predicted octanol–water partition coefficient (Wildman–Crippen LogP) is -0.745. The summed E-state index contributed by atoms with van der Waals surface area (Å²) < 4.78 is 0. The quantitative estimate of drug-likeness (QED) is 0.388. The number of nitroso groups, excluding NO2 is 1. The monoisotopic (exact) mass is 118 g/mol. The molecule has 0 heterocycles. The van der Waals surface area contributed by atoms with Gasteiger partial charge in [-0.2, -0.15) is 0 Å². The third kappa shape index (κ3) is 3.47. The molecule has 2 N–H and O–H groups in total. The van der Waals surface area contributed by atoms with Gasteiger partial charge in [0.15, 0.2) is 0 Å². The molecule has 0 bridgehead atoms. The van der Waals surface area contributed by atoms with Gasteiger partial charge in [0.1, 0.15) is 0 Å². The van der Waals surface area contributed by atoms with E-state index in [2.05, 4.69) is 0 Å². The predicted molar refractivity (Wildman–Crippen MR) is 27.0 cm³/mol. The first-order valence-corrected chi connectivity index (χ1v) is 2.00. The highest BCUT2D eigenvalue weighted by atomic mass is 16.6. The highest BCUT2D eigenvalue weighted by Gasteiger charge is 1.80. The van der Waals surface area contributed by atoms with E-state index in [1.54, 1.807) is 0 Å². The minimum atomic E-state index is -0.214. The second-order valence-electron chi connectivity index (χ2n) is 1.01. The number of hydrazine groups is 1. The van der Waals surface area contributed by atoms with Crippen molar-refractivity contribution < 1.29 is 0 Å². The fraction of sp³-hybridized carbons (Fsp3) is 1.00. The smallest absolute Gasteiger partial charge is 0.0576 e. The van der Waals surface area contributed by atoms with E-state index >= 15 is 0 Å². The third-order valence-electron chi connectivity index (χ3n) is 0.446. The van der Waals surface area contributed by atoms with Gasteiger partial charge in [0, 0.05) is 13.1 Å². The van der Waals surface area contributed by atoms with Gasteiger partial charge in [0.05, 0.1) is 5.29 Å². The molecule has 0 fully saturated rings. The molecule has 0 aliphatic carbocycles. The molecule has 1 radical (unpaired) electrons. The normalized spacial score (nSPS) is 8.75. The molecule has 6 nitrogen and oxygen atoms in total. The number of hydrogen-bond acceptors (Lipinski definition) is 4. The number of nitrogens with zero attached hydrogens (tertiary/aromatic N) is 2. The van der Waals surface area contributed by atoms with Gasteiger partial charge >= 0.3 is 0 Å². The average molecular weight is 118 g/mol. The molecule has 0 aliphatic heterocycles. The Morgan fingerprint density at radius 1 is 1.88 bits per heavy atom. The summed E-state index contributed by atoms with van der Waals surface area (Å²) in [6.45, 7) is 0.198. The summed E-state index contributed by atoms with van der Waals surface area (Å²) in [5.74, 6) is 0. The van der Waals surface area contributed by atoms with Crippen molar-refractivity contribution in [2.45, 2.75) is 0 Å². The fourth-order valence-corrected chi connectivity index (χ4v) is 0.180. The molecule has 8 heavy (non-hydrogen) atoms. The average Bonchev–Trinajstić information content (AvgIpc) is 1.83. The molecule has 0 aromatic rings. The summed E-state index contributed by atoms with van der Waals surface area (Å²) >= 11 is 0. The summed E-state index contributed by atoms with van der Waals surface area (Å²) in [5.41, 5.74) is 8.49. The largest absolute Gasteiger partial charge is 0.724 e. The minimum Gasteiger partial charge on any atom is -0.724 e. The topological polar surface area (TPSA) is 91.6 Å². The lowest BCUT2D eigenvalue weighted by Crippen LogP contribution is -2.30. The van der Waals surface area contributed by atoms with Gasteiger partial charge in [-0.05, 0) is 0 Å². The zero-order valence-electron chi connectivity index (χ0n) is 4.13. The molecule has 6 heteroatoms. The van der Waals surface area contributed by atoms with Crippen LogP contribution in [0.15, 0.2) is 5.29 Å². The van der Waals surface area contributed by atoms with Crippen molar-refractivity contribution in [2.24, 2.45) is 5.29 Å². The number of rotatable bonds is 4. The van der Waals surface area contributed by atoms with E-state index in [4.69, 9.17) is 5.73 Å². The van der Waals surface area contributed by atoms with E-state index in [1.165, 1.54) is 0 Å². The van der Waals surface area contributed by atoms with Crippen LogP contribution in [0.5, 0.6) is 0 Å². The summed E-state index contributed by atoms with van der Waals surface area (Å²) in [6, 6.07) is 0. The lowest BCUT2D eigenvalue weighted by molar-refractivity contribution is 0.285. The van der Waals surface area contributed by atoms with Crippen LogP contribution in [0.4, 0.5) is 0 Å². The molecule has 0 aromatic carbocycles. The highest BCUT2D eigenvalue weighted by molar-refractivity contribution is 4.42. The van der Waals surface area contributed by atoms with Crippen molar-refractivity contribution in [2.75, 3.05) is 13.1 Å². The Balaban J connectivity index is 2.98. The highest BCUT2D eigenvalue weighted by Crippen LogP contribution is 1.72. The molecule has 0 unspecified atom stereocenters. The molecule has 0 spiro atoms. The molecule has 0 amide bonds. The molecule has 0 saturated carbocycles. The first kappa shape index (κ1) is 7.28. The first-order chi connectivity index (χ1) is 3.81. The molecule has 0 aromatic heterocycles. The first-order valence-electron chi connectivity index (χ1n) is 2.00. The lowest BCUT2D eigenvalue weighted by atomic mass is 10.7. The Morgan fingerprint density at radius 2 is 2.50 bits per heavy atom. The summed E-state index contributed by atoms with van der Waals surface area (Å²) in [7, 11) is 0. The van der Waals surface area contributed by atoms with Gasteiger partial charge in [-0.15, -0.1) is 4.91 Å². The van der Waals surface area contributed by atoms with Crippen LogP contribution in [0.2, 0.25) is 0 Å². The van der Waals surface area contributed by atoms with E-state index in [-0.39, 0.29) is 18.4 Å². The van der Waals surface area contributed by atoms with Crippen LogP contribution in [0, 0.1) is 10.1 Å². The van der Waals surface area contributed by atoms with Crippen LogP contribution in [0.1, 0.15) is 0 Å². The maximum Gasteiger partial charge on any atom is 0.0576 e. The molecule has 0 aliphatic rings. The van der Waals surface area contributed by atoms with Gasteiger partial charge in [-0.25, -0.2) is 5.43 Å². The molecular weight excluding hydrogens is 112 g/mol. The van der Waals surface area contributed by atoms with Crippen molar-refractivity contribution in [1.29, 1.82) is 0 Å². The van der Waals surface area contributed by atoms with Crippen LogP contribution < -0.4 is 11.2 Å². The standard InChI is InChI=1S/C2H6N4O2/c3-1-2-4-6(8)5-7/h3-4H,1-2H2/q-1. The van der Waals surface area contributed by atoms with Crippen LogP contribution in [0.3, 0.4) is 0 Å². The van der Waals surface area contributed by atoms with Crippen molar-refractivity contribution in [3.63, 3.8) is 0 Å². The van der Waals surface area contributed by atoms with Gasteiger partial charge in [0.2, 0.25) is 0 Å². The van der Waals surface area contributed by atoms with Crippen LogP contribution in [-0.2, 0) is 0 Å². The maximum atomic E-state index is 9.81. The minimum absolute atomic E-state index is 0.0499. The Morgan fingerprint density at radius 3 is 2.88 bits per heavy atom. The molecule has 0 atom stereocenters.